The van der Waals surface area contributed by atoms with Crippen LogP contribution in [0.5, 0.6) is 11.5 Å². The zero-order chi connectivity index (χ0) is 22.6. The molecule has 5 rings (SSSR count). The summed E-state index contributed by atoms with van der Waals surface area (Å²) in [6.45, 7) is 0.497. The molecule has 0 atom stereocenters. The zero-order valence-corrected chi connectivity index (χ0v) is 18.0. The number of rotatable bonds is 6. The number of aryl methyl sites for hydroxylation is 1. The van der Waals surface area contributed by atoms with Crippen LogP contribution in [-0.2, 0) is 24.2 Å². The van der Waals surface area contributed by atoms with Gasteiger partial charge >= 0.3 is 11.6 Å². The van der Waals surface area contributed by atoms with E-state index in [2.05, 4.69) is 0 Å². The summed E-state index contributed by atoms with van der Waals surface area (Å²) in [6, 6.07) is 22.6. The Balaban J connectivity index is 1.21. The lowest BCUT2D eigenvalue weighted by Crippen LogP contribution is -2.07. The van der Waals surface area contributed by atoms with Crippen molar-refractivity contribution >= 4 is 23.0 Å². The van der Waals surface area contributed by atoms with Gasteiger partial charge in [0.2, 0.25) is 0 Å². The van der Waals surface area contributed by atoms with E-state index in [1.165, 1.54) is 6.08 Å². The van der Waals surface area contributed by atoms with Crippen LogP contribution in [0, 0.1) is 0 Å². The zero-order valence-electron chi connectivity index (χ0n) is 18.0. The predicted molar refractivity (Wildman–Crippen MR) is 126 cm³/mol. The van der Waals surface area contributed by atoms with Crippen molar-refractivity contribution in [2.75, 3.05) is 0 Å². The van der Waals surface area contributed by atoms with Gasteiger partial charge in [-0.25, -0.2) is 9.59 Å². The van der Waals surface area contributed by atoms with Gasteiger partial charge in [0.05, 0.1) is 0 Å². The summed E-state index contributed by atoms with van der Waals surface area (Å²) in [6.07, 6.45) is 5.63. The van der Waals surface area contributed by atoms with Gasteiger partial charge in [-0.2, -0.15) is 0 Å². The van der Waals surface area contributed by atoms with Crippen LogP contribution in [0.3, 0.4) is 0 Å². The first kappa shape index (κ1) is 20.8. The van der Waals surface area contributed by atoms with Crippen LogP contribution in [0.2, 0.25) is 0 Å². The summed E-state index contributed by atoms with van der Waals surface area (Å²) >= 11 is 0. The quantitative estimate of drug-likeness (QED) is 0.173. The topological polar surface area (TPSA) is 65.7 Å². The van der Waals surface area contributed by atoms with Gasteiger partial charge in [-0.1, -0.05) is 42.5 Å². The van der Waals surface area contributed by atoms with Crippen LogP contribution < -0.4 is 15.1 Å². The Morgan fingerprint density at radius 1 is 0.909 bits per heavy atom. The molecule has 5 heteroatoms. The molecule has 0 spiro atoms. The van der Waals surface area contributed by atoms with E-state index >= 15 is 0 Å². The lowest BCUT2D eigenvalue weighted by atomic mass is 10.1. The normalized spacial score (nSPS) is 12.7. The van der Waals surface area contributed by atoms with Crippen LogP contribution in [0.1, 0.15) is 28.7 Å². The maximum atomic E-state index is 12.3. The number of ether oxygens (including phenoxy) is 2. The monoisotopic (exact) mass is 438 g/mol. The van der Waals surface area contributed by atoms with Crippen molar-refractivity contribution in [3.8, 4) is 11.5 Å². The molecule has 1 aliphatic rings. The maximum absolute atomic E-state index is 12.3. The van der Waals surface area contributed by atoms with Gasteiger partial charge < -0.3 is 13.9 Å². The Hall–Kier alpha value is -4.12. The summed E-state index contributed by atoms with van der Waals surface area (Å²) in [4.78, 5) is 24.4. The van der Waals surface area contributed by atoms with Gasteiger partial charge in [0.1, 0.15) is 23.7 Å². The summed E-state index contributed by atoms with van der Waals surface area (Å²) < 4.78 is 16.6. The molecule has 0 amide bonds. The van der Waals surface area contributed by atoms with Crippen LogP contribution >= 0.6 is 0 Å². The molecule has 0 aliphatic heterocycles. The third-order valence-electron chi connectivity index (χ3n) is 5.70. The molecule has 0 unspecified atom stereocenters. The third kappa shape index (κ3) is 4.72. The number of carbonyl (C=O) groups is 1. The first-order valence-corrected chi connectivity index (χ1v) is 10.9. The van der Waals surface area contributed by atoms with E-state index in [1.807, 2.05) is 60.7 Å². The first-order chi connectivity index (χ1) is 16.2. The van der Waals surface area contributed by atoms with E-state index in [0.717, 1.165) is 52.7 Å². The molecule has 5 nitrogen and oxygen atoms in total. The van der Waals surface area contributed by atoms with Gasteiger partial charge in [0.25, 0.3) is 0 Å². The number of hydrogen-bond acceptors (Lipinski definition) is 5. The van der Waals surface area contributed by atoms with Crippen molar-refractivity contribution in [2.24, 2.45) is 0 Å². The first-order valence-electron chi connectivity index (χ1n) is 10.9. The lowest BCUT2D eigenvalue weighted by Gasteiger charge is -2.07. The molecular weight excluding hydrogens is 416 g/mol. The average Bonchev–Trinajstić information content (AvgIpc) is 3.34. The minimum Gasteiger partial charge on any atom is -0.489 e. The van der Waals surface area contributed by atoms with Crippen molar-refractivity contribution in [3.05, 3.63) is 112 Å². The molecule has 4 aromatic rings. The second kappa shape index (κ2) is 9.17. The van der Waals surface area contributed by atoms with Crippen molar-refractivity contribution in [1.82, 2.24) is 0 Å². The van der Waals surface area contributed by atoms with Crippen molar-refractivity contribution in [1.29, 1.82) is 0 Å². The van der Waals surface area contributed by atoms with Crippen molar-refractivity contribution in [3.63, 3.8) is 0 Å². The number of hydrogen-bond donors (Lipinski definition) is 0. The highest BCUT2D eigenvalue weighted by Crippen LogP contribution is 2.29. The van der Waals surface area contributed by atoms with E-state index in [4.69, 9.17) is 13.9 Å². The Labute approximate surface area is 190 Å². The average molecular weight is 438 g/mol. The number of benzene rings is 3. The van der Waals surface area contributed by atoms with Gasteiger partial charge in [0, 0.05) is 23.1 Å². The summed E-state index contributed by atoms with van der Waals surface area (Å²) in [5.41, 5.74) is 3.91. The fourth-order valence-electron chi connectivity index (χ4n) is 4.06. The van der Waals surface area contributed by atoms with E-state index in [0.29, 0.717) is 17.9 Å². The Kier molecular flexibility index (Phi) is 5.77. The highest BCUT2D eigenvalue weighted by Gasteiger charge is 2.19. The van der Waals surface area contributed by atoms with Gasteiger partial charge in [0.15, 0.2) is 0 Å². The van der Waals surface area contributed by atoms with E-state index in [-0.39, 0.29) is 5.63 Å². The second-order valence-electron chi connectivity index (χ2n) is 7.96. The minimum absolute atomic E-state index is 0.297. The van der Waals surface area contributed by atoms with Crippen LogP contribution in [0.25, 0.3) is 17.0 Å². The molecule has 0 saturated heterocycles. The summed E-state index contributed by atoms with van der Waals surface area (Å²) in [7, 11) is 0. The Morgan fingerprint density at radius 3 is 2.48 bits per heavy atom. The molecule has 1 aromatic heterocycles. The largest absolute Gasteiger partial charge is 0.489 e. The van der Waals surface area contributed by atoms with Crippen molar-refractivity contribution in [2.45, 2.75) is 25.9 Å². The van der Waals surface area contributed by atoms with Crippen LogP contribution in [-0.4, -0.2) is 5.97 Å². The van der Waals surface area contributed by atoms with Gasteiger partial charge in [-0.15, -0.1) is 0 Å². The SMILES string of the molecule is O=C(/C=C/c1ccc(OCc2ccccc2)cc1)Oc1ccc2c3c(c(=O)oc2c1)CCC3. The molecule has 1 aliphatic carbocycles. The second-order valence-corrected chi connectivity index (χ2v) is 7.96. The summed E-state index contributed by atoms with van der Waals surface area (Å²) in [5.74, 6) is 0.577. The fourth-order valence-corrected chi connectivity index (χ4v) is 4.06. The molecule has 33 heavy (non-hydrogen) atoms. The molecule has 0 bridgehead atoms. The molecule has 0 radical (unpaired) electrons. The number of fused-ring (bicyclic) bond motifs is 3. The minimum atomic E-state index is -0.512. The third-order valence-corrected chi connectivity index (χ3v) is 5.70. The standard InChI is InChI=1S/C28H22O5/c29-27(16-11-19-9-12-21(13-10-19)31-18-20-5-2-1-3-6-20)32-22-14-15-24-23-7-4-8-25(23)28(30)33-26(24)17-22/h1-3,5-6,9-17H,4,7-8,18H2/b16-11+. The van der Waals surface area contributed by atoms with E-state index in [1.54, 1.807) is 18.2 Å². The Morgan fingerprint density at radius 2 is 1.67 bits per heavy atom. The van der Waals surface area contributed by atoms with Crippen LogP contribution in [0.15, 0.2) is 88.1 Å². The van der Waals surface area contributed by atoms with Gasteiger partial charge in [-0.05, 0) is 66.3 Å². The highest BCUT2D eigenvalue weighted by atomic mass is 16.5. The maximum Gasteiger partial charge on any atom is 0.339 e. The predicted octanol–water partition coefficient (Wildman–Crippen LogP) is 5.48. The number of esters is 1. The lowest BCUT2D eigenvalue weighted by molar-refractivity contribution is -0.128. The smallest absolute Gasteiger partial charge is 0.339 e. The fraction of sp³-hybridized carbons (Fsp3) is 0.143. The molecule has 3 aromatic carbocycles. The summed E-state index contributed by atoms with van der Waals surface area (Å²) in [5, 5.41) is 0.909. The number of carbonyl (C=O) groups excluding carboxylic acids is 1. The molecule has 164 valence electrons. The molecule has 0 fully saturated rings. The van der Waals surface area contributed by atoms with Crippen molar-refractivity contribution < 1.29 is 18.7 Å². The Bertz CT molecular complexity index is 1380. The molecular formula is C28H22O5. The van der Waals surface area contributed by atoms with Crippen LogP contribution in [0.4, 0.5) is 0 Å². The molecule has 1 heterocycles. The highest BCUT2D eigenvalue weighted by molar-refractivity contribution is 5.90. The molecule has 0 saturated carbocycles. The van der Waals surface area contributed by atoms with E-state index in [9.17, 15) is 9.59 Å². The van der Waals surface area contributed by atoms with Gasteiger partial charge in [-0.3, -0.25) is 0 Å². The molecule has 0 N–H and O–H groups in total. The van der Waals surface area contributed by atoms with E-state index < -0.39 is 5.97 Å².